The van der Waals surface area contributed by atoms with Crippen LogP contribution in [-0.2, 0) is 17.6 Å². The lowest BCUT2D eigenvalue weighted by molar-refractivity contribution is -0.00901. The fourth-order valence-corrected chi connectivity index (χ4v) is 4.08. The van der Waals surface area contributed by atoms with E-state index >= 15 is 0 Å². The SMILES string of the molecule is CCc1nc(C)nc(N2CCN(C[C@@H](O)COC(C)C)CC2)c1Cc1ccc(C)cc1. The van der Waals surface area contributed by atoms with Crippen molar-refractivity contribution in [3.05, 3.63) is 52.5 Å². The monoisotopic (exact) mass is 426 g/mol. The Balaban J connectivity index is 1.71. The zero-order valence-corrected chi connectivity index (χ0v) is 19.8. The molecule has 1 N–H and O–H groups in total. The van der Waals surface area contributed by atoms with Crippen LogP contribution in [0.4, 0.5) is 5.82 Å². The summed E-state index contributed by atoms with van der Waals surface area (Å²) in [7, 11) is 0. The number of benzene rings is 1. The molecule has 1 aromatic heterocycles. The molecule has 0 bridgehead atoms. The van der Waals surface area contributed by atoms with Crippen molar-refractivity contribution in [3.63, 3.8) is 0 Å². The molecule has 2 aromatic rings. The molecule has 1 aliphatic rings. The molecule has 0 spiro atoms. The number of hydrogen-bond acceptors (Lipinski definition) is 6. The number of anilines is 1. The van der Waals surface area contributed by atoms with E-state index in [1.807, 2.05) is 20.8 Å². The number of aliphatic hydroxyl groups excluding tert-OH is 1. The van der Waals surface area contributed by atoms with Crippen LogP contribution in [0.15, 0.2) is 24.3 Å². The maximum atomic E-state index is 10.3. The van der Waals surface area contributed by atoms with Crippen LogP contribution in [0.25, 0.3) is 0 Å². The highest BCUT2D eigenvalue weighted by Gasteiger charge is 2.24. The molecule has 0 amide bonds. The summed E-state index contributed by atoms with van der Waals surface area (Å²) in [5.74, 6) is 1.91. The van der Waals surface area contributed by atoms with Gasteiger partial charge < -0.3 is 14.7 Å². The lowest BCUT2D eigenvalue weighted by atomic mass is 10.0. The Morgan fingerprint density at radius 3 is 2.32 bits per heavy atom. The minimum atomic E-state index is -0.445. The number of aromatic nitrogens is 2. The van der Waals surface area contributed by atoms with Gasteiger partial charge in [-0.2, -0.15) is 0 Å². The van der Waals surface area contributed by atoms with Gasteiger partial charge in [0.25, 0.3) is 0 Å². The summed E-state index contributed by atoms with van der Waals surface area (Å²) in [6, 6.07) is 8.75. The number of aryl methyl sites for hydroxylation is 3. The molecule has 0 radical (unpaired) electrons. The first kappa shape index (κ1) is 23.6. The minimum Gasteiger partial charge on any atom is -0.389 e. The van der Waals surface area contributed by atoms with E-state index in [1.165, 1.54) is 16.7 Å². The number of aliphatic hydroxyl groups is 1. The molecule has 1 aromatic carbocycles. The van der Waals surface area contributed by atoms with Gasteiger partial charge in [0, 0.05) is 50.4 Å². The van der Waals surface area contributed by atoms with Crippen LogP contribution in [0.2, 0.25) is 0 Å². The van der Waals surface area contributed by atoms with Gasteiger partial charge in [-0.1, -0.05) is 36.8 Å². The van der Waals surface area contributed by atoms with E-state index in [0.29, 0.717) is 13.2 Å². The van der Waals surface area contributed by atoms with Crippen molar-refractivity contribution in [2.24, 2.45) is 0 Å². The lowest BCUT2D eigenvalue weighted by Crippen LogP contribution is -2.49. The van der Waals surface area contributed by atoms with Gasteiger partial charge in [-0.3, -0.25) is 4.90 Å². The number of β-amino-alcohol motifs (C(OH)–C–C–N with tert-alkyl or cyclic N) is 1. The third-order valence-corrected chi connectivity index (χ3v) is 5.78. The number of hydrogen-bond donors (Lipinski definition) is 1. The normalized spacial score (nSPS) is 16.2. The number of piperazine rings is 1. The molecule has 0 aliphatic carbocycles. The van der Waals surface area contributed by atoms with Gasteiger partial charge in [-0.25, -0.2) is 9.97 Å². The minimum absolute atomic E-state index is 0.146. The lowest BCUT2D eigenvalue weighted by Gasteiger charge is -2.37. The van der Waals surface area contributed by atoms with Gasteiger partial charge in [-0.05, 0) is 39.7 Å². The summed E-state index contributed by atoms with van der Waals surface area (Å²) in [4.78, 5) is 14.3. The summed E-state index contributed by atoms with van der Waals surface area (Å²) in [6.45, 7) is 14.9. The number of rotatable bonds is 9. The second kappa shape index (κ2) is 11.0. The van der Waals surface area contributed by atoms with Crippen molar-refractivity contribution < 1.29 is 9.84 Å². The third-order valence-electron chi connectivity index (χ3n) is 5.78. The first-order valence-electron chi connectivity index (χ1n) is 11.5. The van der Waals surface area contributed by atoms with E-state index < -0.39 is 6.10 Å². The molecule has 6 nitrogen and oxygen atoms in total. The molecule has 0 unspecified atom stereocenters. The predicted octanol–water partition coefficient (Wildman–Crippen LogP) is 3.15. The van der Waals surface area contributed by atoms with Crippen molar-refractivity contribution in [2.75, 3.05) is 44.2 Å². The molecule has 1 aliphatic heterocycles. The van der Waals surface area contributed by atoms with E-state index in [-0.39, 0.29) is 6.10 Å². The number of ether oxygens (including phenoxy) is 1. The summed E-state index contributed by atoms with van der Waals surface area (Å²) in [5, 5.41) is 10.3. The first-order valence-corrected chi connectivity index (χ1v) is 11.5. The zero-order valence-electron chi connectivity index (χ0n) is 19.8. The molecule has 170 valence electrons. The van der Waals surface area contributed by atoms with Crippen LogP contribution in [0.3, 0.4) is 0 Å². The van der Waals surface area contributed by atoms with Gasteiger partial charge in [0.1, 0.15) is 11.6 Å². The van der Waals surface area contributed by atoms with E-state index in [9.17, 15) is 5.11 Å². The van der Waals surface area contributed by atoms with E-state index in [1.54, 1.807) is 0 Å². The molecular formula is C25H38N4O2. The van der Waals surface area contributed by atoms with Gasteiger partial charge in [-0.15, -0.1) is 0 Å². The summed E-state index contributed by atoms with van der Waals surface area (Å²) < 4.78 is 5.55. The average molecular weight is 427 g/mol. The molecular weight excluding hydrogens is 388 g/mol. The van der Waals surface area contributed by atoms with E-state index in [4.69, 9.17) is 14.7 Å². The second-order valence-corrected chi connectivity index (χ2v) is 8.86. The molecule has 0 saturated carbocycles. The van der Waals surface area contributed by atoms with Crippen LogP contribution in [0.5, 0.6) is 0 Å². The van der Waals surface area contributed by atoms with Crippen LogP contribution in [0.1, 0.15) is 49.0 Å². The maximum absolute atomic E-state index is 10.3. The molecule has 1 fully saturated rings. The fraction of sp³-hybridized carbons (Fsp3) is 0.600. The van der Waals surface area contributed by atoms with Crippen molar-refractivity contribution in [2.45, 2.75) is 59.7 Å². The fourth-order valence-electron chi connectivity index (χ4n) is 4.08. The summed E-state index contributed by atoms with van der Waals surface area (Å²) in [6.07, 6.45) is 1.45. The Labute approximate surface area is 187 Å². The quantitative estimate of drug-likeness (QED) is 0.665. The third kappa shape index (κ3) is 6.73. The highest BCUT2D eigenvalue weighted by molar-refractivity contribution is 5.52. The zero-order chi connectivity index (χ0) is 22.4. The van der Waals surface area contributed by atoms with Crippen molar-refractivity contribution in [1.29, 1.82) is 0 Å². The summed E-state index contributed by atoms with van der Waals surface area (Å²) >= 11 is 0. The van der Waals surface area contributed by atoms with E-state index in [0.717, 1.165) is 56.4 Å². The van der Waals surface area contributed by atoms with Crippen LogP contribution < -0.4 is 4.90 Å². The van der Waals surface area contributed by atoms with Crippen LogP contribution in [0, 0.1) is 13.8 Å². The first-order chi connectivity index (χ1) is 14.9. The largest absolute Gasteiger partial charge is 0.389 e. The Kier molecular flexibility index (Phi) is 8.41. The smallest absolute Gasteiger partial charge is 0.136 e. The van der Waals surface area contributed by atoms with Crippen LogP contribution >= 0.6 is 0 Å². The number of nitrogens with zero attached hydrogens (tertiary/aromatic N) is 4. The molecule has 31 heavy (non-hydrogen) atoms. The molecule has 3 rings (SSSR count). The van der Waals surface area contributed by atoms with Crippen molar-refractivity contribution in [3.8, 4) is 0 Å². The Hall–Kier alpha value is -2.02. The molecule has 1 atom stereocenters. The topological polar surface area (TPSA) is 61.7 Å². The molecule has 6 heteroatoms. The second-order valence-electron chi connectivity index (χ2n) is 8.86. The van der Waals surface area contributed by atoms with Crippen molar-refractivity contribution >= 4 is 5.82 Å². The Bertz CT molecular complexity index is 830. The Morgan fingerprint density at radius 2 is 1.71 bits per heavy atom. The highest BCUT2D eigenvalue weighted by Crippen LogP contribution is 2.26. The average Bonchev–Trinajstić information content (AvgIpc) is 2.75. The predicted molar refractivity (Wildman–Crippen MR) is 126 cm³/mol. The van der Waals surface area contributed by atoms with Gasteiger partial charge in [0.05, 0.1) is 18.8 Å². The van der Waals surface area contributed by atoms with Gasteiger partial charge >= 0.3 is 0 Å². The van der Waals surface area contributed by atoms with Crippen LogP contribution in [-0.4, -0.2) is 71.5 Å². The van der Waals surface area contributed by atoms with E-state index in [2.05, 4.69) is 47.9 Å². The Morgan fingerprint density at radius 1 is 1.03 bits per heavy atom. The highest BCUT2D eigenvalue weighted by atomic mass is 16.5. The van der Waals surface area contributed by atoms with Gasteiger partial charge in [0.2, 0.25) is 0 Å². The summed E-state index contributed by atoms with van der Waals surface area (Å²) in [5.41, 5.74) is 4.96. The standard InChI is InChI=1S/C25H38N4O2/c1-6-24-23(15-21-9-7-19(4)8-10-21)25(27-20(5)26-24)29-13-11-28(12-14-29)16-22(30)17-31-18(2)3/h7-10,18,22,30H,6,11-17H2,1-5H3/t22-/m1/s1. The van der Waals surface area contributed by atoms with Crippen molar-refractivity contribution in [1.82, 2.24) is 14.9 Å². The molecule has 2 heterocycles. The molecule has 1 saturated heterocycles. The van der Waals surface area contributed by atoms with Gasteiger partial charge in [0.15, 0.2) is 0 Å². The maximum Gasteiger partial charge on any atom is 0.136 e.